The summed E-state index contributed by atoms with van der Waals surface area (Å²) in [6.07, 6.45) is 1.00. The van der Waals surface area contributed by atoms with Gasteiger partial charge in [0.1, 0.15) is 11.9 Å². The Balaban J connectivity index is 1.63. The Bertz CT molecular complexity index is 592. The van der Waals surface area contributed by atoms with Crippen LogP contribution in [0.1, 0.15) is 32.2 Å². The van der Waals surface area contributed by atoms with E-state index in [1.807, 2.05) is 22.9 Å². The molecule has 1 aliphatic rings. The summed E-state index contributed by atoms with van der Waals surface area (Å²) in [7, 11) is 0. The van der Waals surface area contributed by atoms with E-state index in [0.29, 0.717) is 13.1 Å². The average molecular weight is 287 g/mol. The van der Waals surface area contributed by atoms with Crippen LogP contribution in [0.3, 0.4) is 0 Å². The number of ether oxygens (including phenoxy) is 1. The Hall–Kier alpha value is -1.95. The van der Waals surface area contributed by atoms with Gasteiger partial charge in [0.05, 0.1) is 13.1 Å². The molecule has 112 valence electrons. The van der Waals surface area contributed by atoms with E-state index in [-0.39, 0.29) is 11.6 Å². The zero-order valence-corrected chi connectivity index (χ0v) is 12.7. The summed E-state index contributed by atoms with van der Waals surface area (Å²) in [6, 6.07) is 8.16. The lowest BCUT2D eigenvalue weighted by atomic mass is 10.1. The van der Waals surface area contributed by atoms with Crippen molar-refractivity contribution in [1.82, 2.24) is 25.5 Å². The van der Waals surface area contributed by atoms with Gasteiger partial charge in [-0.3, -0.25) is 0 Å². The summed E-state index contributed by atoms with van der Waals surface area (Å²) in [5.41, 5.74) is 1.29. The molecule has 2 aromatic rings. The fourth-order valence-corrected chi connectivity index (χ4v) is 2.38. The third-order valence-electron chi connectivity index (χ3n) is 3.47. The number of tetrazole rings is 1. The van der Waals surface area contributed by atoms with Gasteiger partial charge in [-0.05, 0) is 42.8 Å². The third-order valence-corrected chi connectivity index (χ3v) is 3.47. The van der Waals surface area contributed by atoms with Crippen LogP contribution in [0.2, 0.25) is 0 Å². The van der Waals surface area contributed by atoms with Crippen LogP contribution in [-0.2, 0) is 19.5 Å². The molecule has 1 N–H and O–H groups in total. The number of nitrogens with one attached hydrogen (secondary N) is 1. The van der Waals surface area contributed by atoms with Gasteiger partial charge in [-0.15, -0.1) is 5.10 Å². The Morgan fingerprint density at radius 1 is 1.33 bits per heavy atom. The first-order valence-electron chi connectivity index (χ1n) is 7.26. The molecule has 0 radical (unpaired) electrons. The zero-order valence-electron chi connectivity index (χ0n) is 12.7. The highest BCUT2D eigenvalue weighted by Gasteiger charge is 2.24. The lowest BCUT2D eigenvalue weighted by molar-refractivity contribution is 0.199. The van der Waals surface area contributed by atoms with E-state index in [1.54, 1.807) is 0 Å². The van der Waals surface area contributed by atoms with Crippen LogP contribution < -0.4 is 10.1 Å². The zero-order chi connectivity index (χ0) is 14.9. The van der Waals surface area contributed by atoms with Crippen LogP contribution in [0.5, 0.6) is 5.75 Å². The SMILES string of the molecule is CC(C)(C)NCc1nnnn1CC1Cc2ccccc2O1. The van der Waals surface area contributed by atoms with Crippen molar-refractivity contribution in [2.24, 2.45) is 0 Å². The first-order valence-corrected chi connectivity index (χ1v) is 7.26. The Kier molecular flexibility index (Phi) is 3.63. The number of hydrogen-bond donors (Lipinski definition) is 1. The summed E-state index contributed by atoms with van der Waals surface area (Å²) in [5.74, 6) is 1.81. The second-order valence-electron chi connectivity index (χ2n) is 6.43. The van der Waals surface area contributed by atoms with Crippen LogP contribution in [-0.4, -0.2) is 31.9 Å². The number of para-hydroxylation sites is 1. The first kappa shape index (κ1) is 14.0. The molecule has 6 heteroatoms. The van der Waals surface area contributed by atoms with E-state index in [0.717, 1.165) is 18.0 Å². The number of fused-ring (bicyclic) bond motifs is 1. The van der Waals surface area contributed by atoms with E-state index in [1.165, 1.54) is 5.56 Å². The summed E-state index contributed by atoms with van der Waals surface area (Å²) >= 11 is 0. The molecule has 21 heavy (non-hydrogen) atoms. The van der Waals surface area contributed by atoms with E-state index in [2.05, 4.69) is 47.7 Å². The molecule has 6 nitrogen and oxygen atoms in total. The van der Waals surface area contributed by atoms with Crippen molar-refractivity contribution in [3.63, 3.8) is 0 Å². The highest BCUT2D eigenvalue weighted by atomic mass is 16.5. The van der Waals surface area contributed by atoms with Crippen LogP contribution >= 0.6 is 0 Å². The number of benzene rings is 1. The van der Waals surface area contributed by atoms with Gasteiger partial charge in [0.25, 0.3) is 0 Å². The molecule has 0 aliphatic carbocycles. The summed E-state index contributed by atoms with van der Waals surface area (Å²) in [4.78, 5) is 0. The molecule has 1 aromatic carbocycles. The van der Waals surface area contributed by atoms with Gasteiger partial charge in [0, 0.05) is 12.0 Å². The molecule has 0 saturated carbocycles. The molecule has 0 bridgehead atoms. The predicted octanol–water partition coefficient (Wildman–Crippen LogP) is 1.56. The molecular formula is C15H21N5O. The van der Waals surface area contributed by atoms with Gasteiger partial charge in [0.15, 0.2) is 5.82 Å². The minimum Gasteiger partial charge on any atom is -0.488 e. The molecule has 0 spiro atoms. The molecule has 1 aromatic heterocycles. The van der Waals surface area contributed by atoms with Crippen molar-refractivity contribution in [1.29, 1.82) is 0 Å². The Morgan fingerprint density at radius 2 is 2.14 bits per heavy atom. The maximum absolute atomic E-state index is 5.94. The lowest BCUT2D eigenvalue weighted by Crippen LogP contribution is -2.36. The van der Waals surface area contributed by atoms with Gasteiger partial charge < -0.3 is 10.1 Å². The smallest absolute Gasteiger partial charge is 0.165 e. The molecule has 0 fully saturated rings. The van der Waals surface area contributed by atoms with Gasteiger partial charge in [-0.2, -0.15) is 0 Å². The van der Waals surface area contributed by atoms with Crippen molar-refractivity contribution >= 4 is 0 Å². The third kappa shape index (κ3) is 3.39. The molecule has 1 unspecified atom stereocenters. The quantitative estimate of drug-likeness (QED) is 0.924. The van der Waals surface area contributed by atoms with Gasteiger partial charge in [0.2, 0.25) is 0 Å². The fraction of sp³-hybridized carbons (Fsp3) is 0.533. The van der Waals surface area contributed by atoms with Gasteiger partial charge >= 0.3 is 0 Å². The highest BCUT2D eigenvalue weighted by molar-refractivity contribution is 5.37. The number of nitrogens with zero attached hydrogens (tertiary/aromatic N) is 4. The maximum Gasteiger partial charge on any atom is 0.165 e. The number of hydrogen-bond acceptors (Lipinski definition) is 5. The highest BCUT2D eigenvalue weighted by Crippen LogP contribution is 2.28. The van der Waals surface area contributed by atoms with Crippen LogP contribution in [0, 0.1) is 0 Å². The standard InChI is InChI=1S/C15H21N5O/c1-15(2,3)16-9-14-17-18-19-20(14)10-12-8-11-6-4-5-7-13(11)21-12/h4-7,12,16H,8-10H2,1-3H3. The molecule has 1 aliphatic heterocycles. The Morgan fingerprint density at radius 3 is 2.90 bits per heavy atom. The maximum atomic E-state index is 5.94. The molecule has 0 saturated heterocycles. The molecular weight excluding hydrogens is 266 g/mol. The second kappa shape index (κ2) is 5.44. The fourth-order valence-electron chi connectivity index (χ4n) is 2.38. The monoisotopic (exact) mass is 287 g/mol. The average Bonchev–Trinajstić information content (AvgIpc) is 3.01. The Labute approximate surface area is 124 Å². The van der Waals surface area contributed by atoms with Crippen LogP contribution in [0.15, 0.2) is 24.3 Å². The predicted molar refractivity (Wildman–Crippen MR) is 79.0 cm³/mol. The van der Waals surface area contributed by atoms with Gasteiger partial charge in [-0.1, -0.05) is 18.2 Å². The lowest BCUT2D eigenvalue weighted by Gasteiger charge is -2.20. The molecule has 0 amide bonds. The van der Waals surface area contributed by atoms with Crippen molar-refractivity contribution in [2.45, 2.75) is 51.9 Å². The normalized spacial score (nSPS) is 17.6. The van der Waals surface area contributed by atoms with E-state index in [9.17, 15) is 0 Å². The molecule has 2 heterocycles. The molecule has 3 rings (SSSR count). The second-order valence-corrected chi connectivity index (χ2v) is 6.43. The summed E-state index contributed by atoms with van der Waals surface area (Å²) in [6.45, 7) is 7.69. The van der Waals surface area contributed by atoms with E-state index < -0.39 is 0 Å². The minimum absolute atomic E-state index is 0.0386. The van der Waals surface area contributed by atoms with Crippen molar-refractivity contribution in [3.8, 4) is 5.75 Å². The summed E-state index contributed by atoms with van der Waals surface area (Å²) < 4.78 is 7.77. The number of rotatable bonds is 4. The first-order chi connectivity index (χ1) is 10.0. The van der Waals surface area contributed by atoms with Crippen molar-refractivity contribution in [2.75, 3.05) is 0 Å². The van der Waals surface area contributed by atoms with Crippen molar-refractivity contribution < 1.29 is 4.74 Å². The van der Waals surface area contributed by atoms with Crippen LogP contribution in [0.4, 0.5) is 0 Å². The topological polar surface area (TPSA) is 64.9 Å². The largest absolute Gasteiger partial charge is 0.488 e. The van der Waals surface area contributed by atoms with Crippen molar-refractivity contribution in [3.05, 3.63) is 35.7 Å². The van der Waals surface area contributed by atoms with E-state index in [4.69, 9.17) is 4.74 Å². The number of aromatic nitrogens is 4. The van der Waals surface area contributed by atoms with Gasteiger partial charge in [-0.25, -0.2) is 4.68 Å². The summed E-state index contributed by atoms with van der Waals surface area (Å²) in [5, 5.41) is 15.4. The minimum atomic E-state index is 0.0386. The molecule has 1 atom stereocenters. The van der Waals surface area contributed by atoms with E-state index >= 15 is 0 Å². The van der Waals surface area contributed by atoms with Crippen LogP contribution in [0.25, 0.3) is 0 Å².